The monoisotopic (exact) mass is 364 g/mol. The molecule has 0 aromatic carbocycles. The van der Waals surface area contributed by atoms with E-state index in [4.69, 9.17) is 35.6 Å². The molecular weight excluding hydrogens is 308 g/mol. The van der Waals surface area contributed by atoms with Gasteiger partial charge < -0.3 is 14.6 Å². The average molecular weight is 365 g/mol. The summed E-state index contributed by atoms with van der Waals surface area (Å²) in [5, 5.41) is 9.52. The second kappa shape index (κ2) is 11.0. The molecule has 0 aliphatic heterocycles. The molecule has 0 spiro atoms. The van der Waals surface area contributed by atoms with Crippen molar-refractivity contribution in [2.75, 3.05) is 20.7 Å². The third-order valence-electron chi connectivity index (χ3n) is 2.31. The first-order valence-corrected chi connectivity index (χ1v) is 5.90. The van der Waals surface area contributed by atoms with Crippen LogP contribution in [0.4, 0.5) is 0 Å². The van der Waals surface area contributed by atoms with Crippen LogP contribution in [0.5, 0.6) is 0 Å². The summed E-state index contributed by atoms with van der Waals surface area (Å²) in [7, 11) is -3.05. The lowest BCUT2D eigenvalue weighted by molar-refractivity contribution is -0.121. The van der Waals surface area contributed by atoms with Crippen LogP contribution >= 0.6 is 0 Å². The topological polar surface area (TPSA) is 72.8 Å². The maximum absolute atomic E-state index is 13.5. The third kappa shape index (κ3) is 5.48. The molecule has 0 saturated heterocycles. The van der Waals surface area contributed by atoms with E-state index in [1.54, 1.807) is 0 Å². The van der Waals surface area contributed by atoms with E-state index in [-0.39, 0.29) is 0 Å². The van der Waals surface area contributed by atoms with Gasteiger partial charge in [-0.15, -0.1) is 0 Å². The van der Waals surface area contributed by atoms with Crippen LogP contribution in [0, 0.1) is 0 Å². The smallest absolute Gasteiger partial charge is 0.228 e. The van der Waals surface area contributed by atoms with Gasteiger partial charge in [-0.25, -0.2) is 0 Å². The lowest BCUT2D eigenvalue weighted by Gasteiger charge is -2.20. The SMILES string of the molecule is [2H]C([2H])([2H])OC1=C(OC)C(=O)C(C([2H])([2H])[2H])=C(C([2H])([2H])C([2H])([2H])C([2H])([2H])C([2H])([2H])C([2H])([2H])C([2H])([2H])C([2H])([2H])C([2H])([2H])C([2H])([2H])C([2H])([2H])O)C1=O. The van der Waals surface area contributed by atoms with Crippen molar-refractivity contribution in [1.82, 2.24) is 0 Å². The van der Waals surface area contributed by atoms with Gasteiger partial charge in [-0.1, -0.05) is 38.2 Å². The van der Waals surface area contributed by atoms with Gasteiger partial charge in [0.15, 0.2) is 0 Å². The standard InChI is InChI=1S/C19H30O5/c1-14-15(12-10-8-6-4-5-7-9-11-13-20)17(22)19(24-3)18(23-2)16(14)21/h20H,4-13H2,1-3H3/i1D3,3D3,4D2,5D2,6D2,7D2,8D2,9D2,10D2,11D2,12D2,13D2. The highest BCUT2D eigenvalue weighted by Crippen LogP contribution is 2.28. The van der Waals surface area contributed by atoms with E-state index in [1.807, 2.05) is 0 Å². The Labute approximate surface area is 181 Å². The minimum absolute atomic E-state index is 0.615. The summed E-state index contributed by atoms with van der Waals surface area (Å²) in [5.41, 5.74) is -4.15. The van der Waals surface area contributed by atoms with Gasteiger partial charge in [0.2, 0.25) is 23.1 Å². The number of ether oxygens (including phenoxy) is 2. The summed E-state index contributed by atoms with van der Waals surface area (Å²) >= 11 is 0. The highest BCUT2D eigenvalue weighted by atomic mass is 16.5. The number of hydrogen-bond donors (Lipinski definition) is 1. The van der Waals surface area contributed by atoms with E-state index >= 15 is 0 Å². The summed E-state index contributed by atoms with van der Waals surface area (Å²) in [4.78, 5) is 26.7. The highest BCUT2D eigenvalue weighted by Gasteiger charge is 2.34. The zero-order valence-electron chi connectivity index (χ0n) is 38.1. The van der Waals surface area contributed by atoms with Crippen LogP contribution in [0.1, 0.15) is 99.8 Å². The summed E-state index contributed by atoms with van der Waals surface area (Å²) in [6, 6.07) is 0. The van der Waals surface area contributed by atoms with Crippen molar-refractivity contribution in [3.8, 4) is 0 Å². The number of carbonyl (C=O) groups excluding carboxylic acids is 2. The van der Waals surface area contributed by atoms with E-state index in [9.17, 15) is 14.7 Å². The zero-order valence-corrected chi connectivity index (χ0v) is 12.1. The molecule has 0 unspecified atom stereocenters. The molecule has 1 aliphatic carbocycles. The van der Waals surface area contributed by atoms with Gasteiger partial charge in [-0.05, 0) is 26.0 Å². The first-order valence-electron chi connectivity index (χ1n) is 18.9. The fourth-order valence-electron chi connectivity index (χ4n) is 1.37. The molecule has 5 nitrogen and oxygen atoms in total. The molecule has 5 heteroatoms. The van der Waals surface area contributed by atoms with Crippen LogP contribution in [0.3, 0.4) is 0 Å². The van der Waals surface area contributed by atoms with E-state index in [0.717, 1.165) is 0 Å². The van der Waals surface area contributed by atoms with Crippen LogP contribution in [0.15, 0.2) is 22.7 Å². The largest absolute Gasteiger partial charge is 0.489 e. The normalized spacial score (nSPS) is 38.4. The fraction of sp³-hybridized carbons (Fsp3) is 0.684. The van der Waals surface area contributed by atoms with Gasteiger partial charge in [-0.2, -0.15) is 0 Å². The van der Waals surface area contributed by atoms with Crippen LogP contribution in [0.2, 0.25) is 0 Å². The maximum Gasteiger partial charge on any atom is 0.228 e. The summed E-state index contributed by atoms with van der Waals surface area (Å²) < 4.78 is 214. The molecule has 1 rings (SSSR count). The van der Waals surface area contributed by atoms with Crippen molar-refractivity contribution in [2.24, 2.45) is 0 Å². The second-order valence-electron chi connectivity index (χ2n) is 3.61. The molecule has 0 amide bonds. The molecule has 0 radical (unpaired) electrons. The molecule has 1 N–H and O–H groups in total. The first-order chi connectivity index (χ1) is 21.4. The molecule has 0 bridgehead atoms. The first kappa shape index (κ1) is 4.37. The minimum atomic E-state index is -5.01. The Morgan fingerprint density at radius 2 is 1.50 bits per heavy atom. The summed E-state index contributed by atoms with van der Waals surface area (Å²) in [6.07, 6.45) is -43.5. The lowest BCUT2D eigenvalue weighted by atomic mass is 9.89. The number of allylic oxidation sites excluding steroid dienone is 2. The molecule has 24 heavy (non-hydrogen) atoms. The van der Waals surface area contributed by atoms with E-state index < -0.39 is 112 Å². The molecule has 0 saturated carbocycles. The van der Waals surface area contributed by atoms with Crippen LogP contribution in [-0.2, 0) is 19.1 Å². The molecule has 0 fully saturated rings. The number of methoxy groups -OCH3 is 2. The van der Waals surface area contributed by atoms with Crippen LogP contribution < -0.4 is 0 Å². The number of hydrogen-bond acceptors (Lipinski definition) is 5. The Bertz CT molecular complexity index is 1440. The molecule has 0 aromatic rings. The maximum atomic E-state index is 13.5. The Hall–Kier alpha value is -1.62. The predicted molar refractivity (Wildman–Crippen MR) is 92.4 cm³/mol. The highest BCUT2D eigenvalue weighted by molar-refractivity contribution is 6.23. The molecule has 136 valence electrons. The molecule has 1 aliphatic rings. The number of Topliss-reactive ketones (excluding diaryl/α,β-unsaturated/α-hetero) is 2. The van der Waals surface area contributed by atoms with Crippen LogP contribution in [-0.4, -0.2) is 37.4 Å². The van der Waals surface area contributed by atoms with Crippen molar-refractivity contribution >= 4 is 11.6 Å². The Morgan fingerprint density at radius 1 is 0.917 bits per heavy atom. The number of ketones is 2. The summed E-state index contributed by atoms with van der Waals surface area (Å²) in [6.45, 7) is -8.26. The Kier molecular flexibility index (Phi) is 2.01. The Balaban J connectivity index is 4.21. The molecule has 0 aromatic heterocycles. The van der Waals surface area contributed by atoms with Crippen molar-refractivity contribution in [3.63, 3.8) is 0 Å². The fourth-order valence-corrected chi connectivity index (χ4v) is 1.37. The van der Waals surface area contributed by atoms with E-state index in [0.29, 0.717) is 7.11 Å². The van der Waals surface area contributed by atoms with Crippen molar-refractivity contribution in [2.45, 2.75) is 64.2 Å². The minimum Gasteiger partial charge on any atom is -0.489 e. The Morgan fingerprint density at radius 3 is 2.04 bits per heavy atom. The lowest BCUT2D eigenvalue weighted by Crippen LogP contribution is -2.25. The second-order valence-corrected chi connectivity index (χ2v) is 3.61. The van der Waals surface area contributed by atoms with E-state index in [2.05, 4.69) is 9.47 Å². The van der Waals surface area contributed by atoms with Gasteiger partial charge in [0.25, 0.3) is 0 Å². The molecular formula is C19H30O5. The average Bonchev–Trinajstić information content (AvgIpc) is 2.87. The molecule has 0 heterocycles. The van der Waals surface area contributed by atoms with Gasteiger partial charge in [0.05, 0.1) is 21.0 Å². The third-order valence-corrected chi connectivity index (χ3v) is 2.31. The van der Waals surface area contributed by atoms with Crippen molar-refractivity contribution in [1.29, 1.82) is 0 Å². The van der Waals surface area contributed by atoms with Gasteiger partial charge in [-0.3, -0.25) is 9.59 Å². The van der Waals surface area contributed by atoms with Crippen LogP contribution in [0.25, 0.3) is 0 Å². The van der Waals surface area contributed by atoms with E-state index in [1.165, 1.54) is 0 Å². The van der Waals surface area contributed by atoms with Crippen molar-refractivity contribution in [3.05, 3.63) is 22.7 Å². The quantitative estimate of drug-likeness (QED) is 0.537. The summed E-state index contributed by atoms with van der Waals surface area (Å²) in [5.74, 6) is -7.44. The molecule has 0 atom stereocenters. The van der Waals surface area contributed by atoms with Gasteiger partial charge >= 0.3 is 0 Å². The van der Waals surface area contributed by atoms with Crippen molar-refractivity contribution < 1.29 is 59.8 Å². The number of carbonyl (C=O) groups is 2. The number of aliphatic hydroxyl groups is 1. The van der Waals surface area contributed by atoms with Gasteiger partial charge in [0.1, 0.15) is 0 Å². The number of rotatable bonds is 12. The zero-order chi connectivity index (χ0) is 40.9. The predicted octanol–water partition coefficient (Wildman–Crippen LogP) is 3.46. The van der Waals surface area contributed by atoms with Gasteiger partial charge in [0, 0.05) is 46.5 Å².